The molecule has 0 aliphatic carbocycles. The maximum atomic E-state index is 13.2. The van der Waals surface area contributed by atoms with Crippen molar-refractivity contribution in [2.24, 2.45) is 0 Å². The second-order valence-electron chi connectivity index (χ2n) is 31.9. The Labute approximate surface area is 734 Å². The highest BCUT2D eigenvalue weighted by molar-refractivity contribution is 5.77. The van der Waals surface area contributed by atoms with Crippen LogP contribution in [0, 0.1) is 0 Å². The molecule has 5 amide bonds. The Morgan fingerprint density at radius 1 is 0.206 bits per heavy atom. The van der Waals surface area contributed by atoms with E-state index in [1.807, 2.05) is 0 Å². The van der Waals surface area contributed by atoms with Gasteiger partial charge in [0.05, 0.1) is 33.0 Å². The second-order valence-corrected chi connectivity index (χ2v) is 31.9. The van der Waals surface area contributed by atoms with Crippen LogP contribution in [0.5, 0.6) is 0 Å². The average Bonchev–Trinajstić information content (AvgIpc) is 0.767. The van der Waals surface area contributed by atoms with Crippen LogP contribution in [0.15, 0.2) is 0 Å². The van der Waals surface area contributed by atoms with Crippen molar-refractivity contribution in [3.05, 3.63) is 0 Å². The van der Waals surface area contributed by atoms with E-state index in [1.165, 1.54) is 0 Å². The standard InChI is InChI=1S/C70H107N5O56/c1-11(81)71-21-27(87)26(86)16(6-76)113-62(21)124-47-33(93)38(98)67(128-52(47)57(104)105)120-43-18(8-78)115-64(23(29(43)89)73-13(3)83)126-49-35(95)40(100)69(130-54(49)59(108)109)122-45-20(10-80)117-66(25(31(45)91)75-15(5)85)127-50-36(96)41(101)70(131-55(50)60(110)111)121-44-19(9-79)116-65(24(30(44)90)74-14(4)84)125-48-34(94)39(99)68(129-53(48)58(106)107)119-42-17(7-77)114-63(22(28(42)88)72-12(2)82)123-46-32(92)37(97)61(112)118-51(46)56(102)103/h16-55,61-70,76-80,86-101,112H,6-10H2,1-5H3,(H,71,81)(H,72,82)(H,73,83)(H,74,84)(H,75,85)(H,102,103)(H,104,105)(H,106,107)(H,108,109)(H,110,111)/t16-,17-,18-,19-,20-,21-,22-,23-,24-,25-,26-,27-,28-,29-,30-,31-,32-,33-,34-,35-,36-,37-,38-,39-,40-,41-,42-,43-,44-,45-,46+,47+,48+,49+,50+,51+,52+,53+,54+,55+,61+,62-,63-,64-,65-,66-,67-,68-,69-,70-/m1/s1. The van der Waals surface area contributed by atoms with Crippen molar-refractivity contribution in [2.75, 3.05) is 33.0 Å². The van der Waals surface area contributed by atoms with Gasteiger partial charge in [-0.2, -0.15) is 0 Å². The largest absolute Gasteiger partial charge is 0.479 e. The topological polar surface area (TPSA) is 952 Å². The minimum absolute atomic E-state index is 0.825. The monoisotopic (exact) mass is 1910 g/mol. The number of carbonyl (C=O) groups excluding carboxylic acids is 5. The number of hydrogen-bond donors (Lipinski definition) is 32. The summed E-state index contributed by atoms with van der Waals surface area (Å²) >= 11 is 0. The van der Waals surface area contributed by atoms with Gasteiger partial charge in [-0.1, -0.05) is 0 Å². The third kappa shape index (κ3) is 23.2. The molecule has 0 saturated carbocycles. The molecule has 131 heavy (non-hydrogen) atoms. The van der Waals surface area contributed by atoms with E-state index in [1.54, 1.807) is 0 Å². The van der Waals surface area contributed by atoms with Gasteiger partial charge in [0.1, 0.15) is 213 Å². The average molecular weight is 1910 g/mol. The Morgan fingerprint density at radius 3 is 0.573 bits per heavy atom. The van der Waals surface area contributed by atoms with E-state index < -0.39 is 399 Å². The first kappa shape index (κ1) is 106. The number of carboxylic acids is 5. The van der Waals surface area contributed by atoms with Crippen LogP contribution in [-0.4, -0.2) is 537 Å². The molecule has 32 N–H and O–H groups in total. The summed E-state index contributed by atoms with van der Waals surface area (Å²) in [5, 5.41) is 308. The Balaban J connectivity index is 0.791. The van der Waals surface area contributed by atoms with Crippen molar-refractivity contribution in [2.45, 2.75) is 341 Å². The van der Waals surface area contributed by atoms with Crippen LogP contribution in [0.1, 0.15) is 34.6 Å². The maximum Gasteiger partial charge on any atom is 0.335 e. The van der Waals surface area contributed by atoms with Gasteiger partial charge in [0.25, 0.3) is 0 Å². The van der Waals surface area contributed by atoms with Crippen LogP contribution in [0.4, 0.5) is 0 Å². The van der Waals surface area contributed by atoms with Gasteiger partial charge in [-0.3, -0.25) is 24.0 Å². The summed E-state index contributed by atoms with van der Waals surface area (Å²) in [5.74, 6) is -15.1. The van der Waals surface area contributed by atoms with Crippen molar-refractivity contribution in [3.63, 3.8) is 0 Å². The first-order chi connectivity index (χ1) is 61.5. The molecule has 10 saturated heterocycles. The van der Waals surface area contributed by atoms with Crippen LogP contribution in [0.3, 0.4) is 0 Å². The van der Waals surface area contributed by atoms with Crippen LogP contribution >= 0.6 is 0 Å². The fourth-order valence-corrected chi connectivity index (χ4v) is 16.3. The number of ether oxygens (including phenoxy) is 19. The summed E-state index contributed by atoms with van der Waals surface area (Å²) in [4.78, 5) is 127. The van der Waals surface area contributed by atoms with Crippen LogP contribution in [0.2, 0.25) is 0 Å². The fourth-order valence-electron chi connectivity index (χ4n) is 16.3. The molecule has 0 bridgehead atoms. The first-order valence-corrected chi connectivity index (χ1v) is 40.1. The molecule has 50 atom stereocenters. The second kappa shape index (κ2) is 44.9. The lowest BCUT2D eigenvalue weighted by Gasteiger charge is -2.51. The van der Waals surface area contributed by atoms with Crippen LogP contribution in [0.25, 0.3) is 0 Å². The number of hydrogen-bond acceptors (Lipinski definition) is 51. The lowest BCUT2D eigenvalue weighted by molar-refractivity contribution is -0.383. The van der Waals surface area contributed by atoms with Crippen molar-refractivity contribution in [3.8, 4) is 0 Å². The van der Waals surface area contributed by atoms with Crippen LogP contribution < -0.4 is 26.6 Å². The number of aliphatic hydroxyl groups excluding tert-OH is 22. The molecule has 0 unspecified atom stereocenters. The highest BCUT2D eigenvalue weighted by atomic mass is 16.8. The van der Waals surface area contributed by atoms with E-state index in [4.69, 9.17) is 90.0 Å². The molecule has 10 aliphatic rings. The predicted molar refractivity (Wildman–Crippen MR) is 390 cm³/mol. The van der Waals surface area contributed by atoms with Gasteiger partial charge in [0.2, 0.25) is 29.5 Å². The molecule has 0 spiro atoms. The fraction of sp³-hybridized carbons (Fsp3) is 0.857. The quantitative estimate of drug-likeness (QED) is 0.0290. The minimum atomic E-state index is -2.65. The lowest BCUT2D eigenvalue weighted by Crippen LogP contribution is -2.71. The molecule has 10 heterocycles. The highest BCUT2D eigenvalue weighted by Crippen LogP contribution is 2.42. The lowest BCUT2D eigenvalue weighted by atomic mass is 9.93. The Hall–Kier alpha value is -6.94. The van der Waals surface area contributed by atoms with Gasteiger partial charge >= 0.3 is 29.8 Å². The van der Waals surface area contributed by atoms with Gasteiger partial charge in [-0.15, -0.1) is 0 Å². The van der Waals surface area contributed by atoms with E-state index in [0.717, 1.165) is 34.6 Å². The molecular formula is C70H107N5O56. The zero-order chi connectivity index (χ0) is 97.1. The van der Waals surface area contributed by atoms with E-state index in [2.05, 4.69) is 26.6 Å². The van der Waals surface area contributed by atoms with Gasteiger partial charge in [-0.05, 0) is 0 Å². The molecule has 61 nitrogen and oxygen atoms in total. The number of carbonyl (C=O) groups is 10. The molecule has 0 radical (unpaired) electrons. The van der Waals surface area contributed by atoms with Crippen molar-refractivity contribution >= 4 is 59.4 Å². The van der Waals surface area contributed by atoms with Crippen molar-refractivity contribution in [1.82, 2.24) is 26.6 Å². The summed E-state index contributed by atoms with van der Waals surface area (Å²) in [6, 6.07) is -10.0. The minimum Gasteiger partial charge on any atom is -0.479 e. The molecule has 10 fully saturated rings. The molecule has 61 heteroatoms. The highest BCUT2D eigenvalue weighted by Gasteiger charge is 2.64. The van der Waals surface area contributed by atoms with Crippen LogP contribution in [-0.2, 0) is 138 Å². The molecule has 0 aromatic carbocycles. The van der Waals surface area contributed by atoms with Gasteiger partial charge in [0.15, 0.2) is 93.4 Å². The number of nitrogens with one attached hydrogen (secondary N) is 5. The number of aliphatic hydroxyl groups is 22. The van der Waals surface area contributed by atoms with Crippen molar-refractivity contribution < 1.29 is 276 Å². The zero-order valence-corrected chi connectivity index (χ0v) is 68.8. The first-order valence-electron chi connectivity index (χ1n) is 40.1. The summed E-state index contributed by atoms with van der Waals surface area (Å²) in [7, 11) is 0. The normalized spacial score (nSPS) is 46.9. The third-order valence-electron chi connectivity index (χ3n) is 22.7. The predicted octanol–water partition coefficient (Wildman–Crippen LogP) is -21.6. The van der Waals surface area contributed by atoms with Gasteiger partial charge in [0, 0.05) is 34.6 Å². The van der Waals surface area contributed by atoms with Gasteiger partial charge < -0.3 is 254 Å². The molecule has 748 valence electrons. The van der Waals surface area contributed by atoms with E-state index in [-0.39, 0.29) is 0 Å². The van der Waals surface area contributed by atoms with E-state index in [0.29, 0.717) is 0 Å². The molecular weight excluding hydrogens is 1810 g/mol. The SMILES string of the molecule is CC(=O)N[C@H]1[C@@H](O[C@H]2[C@H](O)[C@@H](O)[C@@H](O)O[C@@H]2C(=O)O)O[C@H](CO)[C@@H](O[C@@H]2O[C@H](C(=O)O)[C@@H](O[C@H]3O[C@H](CO)[C@@H](O[C@@H]4O[C@H](C(=O)O)[C@@H](O[C@H]5O[C@H](CO)[C@@H](O[C@@H]6O[C@H](C(=O)O)[C@@H](O[C@H]7O[C@H](CO)[C@@H](O[C@@H]8O[C@H](C(=O)O)[C@@H](O[C@H]9O[C@H](CO)[C@@H](O)[C@H](O)[C@H]9NC(C)=O)[C@H](O)[C@H]8O)[C@H](O)[C@H]7NC(C)=O)[C@H](O)[C@H]6O)[C@H](O)[C@H]5NC(C)=O)[C@H](O)[C@H]4O)[C@H](O)[C@H]3NC(C)=O)[C@H](O)[C@H]2O)[C@@H]1O. The Morgan fingerprint density at radius 2 is 0.382 bits per heavy atom. The molecule has 0 aromatic rings. The summed E-state index contributed by atoms with van der Waals surface area (Å²) in [6.07, 6.45) is -104. The smallest absolute Gasteiger partial charge is 0.335 e. The van der Waals surface area contributed by atoms with E-state index in [9.17, 15) is 186 Å². The Bertz CT molecular complexity index is 3890. The number of carboxylic acid groups (broad SMARTS) is 5. The zero-order valence-electron chi connectivity index (χ0n) is 68.8. The van der Waals surface area contributed by atoms with E-state index >= 15 is 0 Å². The van der Waals surface area contributed by atoms with Gasteiger partial charge in [-0.25, -0.2) is 24.0 Å². The molecule has 10 aliphatic heterocycles. The summed E-state index contributed by atoms with van der Waals surface area (Å²) < 4.78 is 107. The molecule has 10 rings (SSSR count). The number of rotatable bonds is 33. The summed E-state index contributed by atoms with van der Waals surface area (Å²) in [6.45, 7) is -1.76. The number of amides is 5. The third-order valence-corrected chi connectivity index (χ3v) is 22.7. The maximum absolute atomic E-state index is 13.2. The van der Waals surface area contributed by atoms with Crippen molar-refractivity contribution in [1.29, 1.82) is 0 Å². The number of aliphatic carboxylic acids is 5. The summed E-state index contributed by atoms with van der Waals surface area (Å²) in [5.41, 5.74) is 0. The molecule has 0 aromatic heterocycles. The Kier molecular flexibility index (Phi) is 36.4.